The maximum absolute atomic E-state index is 11.2. The van der Waals surface area contributed by atoms with Crippen molar-refractivity contribution in [2.24, 2.45) is 0 Å². The summed E-state index contributed by atoms with van der Waals surface area (Å²) in [5, 5.41) is 9.16. The highest BCUT2D eigenvalue weighted by atomic mass is 16.5. The van der Waals surface area contributed by atoms with Crippen LogP contribution in [0.3, 0.4) is 0 Å². The van der Waals surface area contributed by atoms with Gasteiger partial charge in [-0.3, -0.25) is 0 Å². The topological polar surface area (TPSA) is 65.9 Å². The Morgan fingerprint density at radius 2 is 2.25 bits per heavy atom. The van der Waals surface area contributed by atoms with E-state index in [9.17, 15) is 4.79 Å². The second-order valence-electron chi connectivity index (χ2n) is 5.43. The highest BCUT2D eigenvalue weighted by Crippen LogP contribution is 2.26. The number of nitrogens with zero attached hydrogens (tertiary/aromatic N) is 3. The van der Waals surface area contributed by atoms with Crippen molar-refractivity contribution in [1.29, 1.82) is 0 Å². The van der Waals surface area contributed by atoms with Crippen molar-refractivity contribution in [3.63, 3.8) is 0 Å². The van der Waals surface area contributed by atoms with Crippen LogP contribution in [-0.2, 0) is 6.54 Å². The van der Waals surface area contributed by atoms with Crippen LogP contribution in [0, 0.1) is 0 Å². The number of fused-ring (bicyclic) bond motifs is 1. The molecule has 0 radical (unpaired) electrons. The maximum Gasteiger partial charge on any atom is 0.407 e. The van der Waals surface area contributed by atoms with Crippen molar-refractivity contribution in [2.75, 3.05) is 18.5 Å². The first kappa shape index (κ1) is 14.4. The third kappa shape index (κ3) is 2.95. The number of rotatable bonds is 2. The molecule has 6 nitrogen and oxygen atoms in total. The zero-order valence-corrected chi connectivity index (χ0v) is 12.3. The van der Waals surface area contributed by atoms with Crippen LogP contribution >= 0.6 is 0 Å². The van der Waals surface area contributed by atoms with E-state index in [0.717, 1.165) is 11.4 Å². The number of anilines is 1. The second kappa shape index (κ2) is 5.56. The van der Waals surface area contributed by atoms with E-state index in [2.05, 4.69) is 18.8 Å². The van der Waals surface area contributed by atoms with Gasteiger partial charge in [0.25, 0.3) is 0 Å². The molecule has 1 amide bonds. The number of amides is 1. The molecule has 1 aromatic rings. The first-order valence-electron chi connectivity index (χ1n) is 6.75. The fourth-order valence-corrected chi connectivity index (χ4v) is 2.10. The molecule has 0 saturated carbocycles. The Balaban J connectivity index is 2.32. The number of carboxylic acid groups (broad SMARTS) is 1. The highest BCUT2D eigenvalue weighted by molar-refractivity contribution is 5.65. The summed E-state index contributed by atoms with van der Waals surface area (Å²) < 4.78 is 5.76. The molecule has 1 aromatic heterocycles. The molecular weight excluding hydrogens is 258 g/mol. The quantitative estimate of drug-likeness (QED) is 0.899. The van der Waals surface area contributed by atoms with Crippen molar-refractivity contribution in [3.8, 4) is 5.88 Å². The molecule has 0 spiro atoms. The zero-order valence-electron chi connectivity index (χ0n) is 12.3. The number of carbonyl (C=O) groups is 1. The lowest BCUT2D eigenvalue weighted by molar-refractivity contribution is 0.120. The summed E-state index contributed by atoms with van der Waals surface area (Å²) in [6, 6.07) is 4.13. The van der Waals surface area contributed by atoms with E-state index in [1.807, 2.05) is 31.0 Å². The van der Waals surface area contributed by atoms with Crippen LogP contribution in [0.4, 0.5) is 10.6 Å². The minimum atomic E-state index is -0.934. The van der Waals surface area contributed by atoms with E-state index >= 15 is 0 Å². The third-order valence-corrected chi connectivity index (χ3v) is 3.48. The Morgan fingerprint density at radius 1 is 1.55 bits per heavy atom. The molecule has 110 valence electrons. The van der Waals surface area contributed by atoms with Crippen molar-refractivity contribution in [3.05, 3.63) is 17.7 Å². The average molecular weight is 279 g/mol. The molecule has 1 atom stereocenters. The zero-order chi connectivity index (χ0) is 14.9. The standard InChI is InChI=1S/C14H21N3O3/c1-9(2)16(4)12-6-5-11-8-17(14(18)19)7-10(3)20-13(11)15-12/h5-6,9-10H,7-8H2,1-4H3,(H,18,19)/t10-/m0/s1. The van der Waals surface area contributed by atoms with Gasteiger partial charge in [-0.05, 0) is 32.9 Å². The fourth-order valence-electron chi connectivity index (χ4n) is 2.10. The van der Waals surface area contributed by atoms with Crippen LogP contribution < -0.4 is 9.64 Å². The minimum absolute atomic E-state index is 0.209. The molecule has 1 aliphatic rings. The molecular formula is C14H21N3O3. The molecule has 20 heavy (non-hydrogen) atoms. The van der Waals surface area contributed by atoms with E-state index in [1.54, 1.807) is 0 Å². The van der Waals surface area contributed by atoms with Crippen molar-refractivity contribution in [1.82, 2.24) is 9.88 Å². The van der Waals surface area contributed by atoms with Gasteiger partial charge in [0.15, 0.2) is 0 Å². The summed E-state index contributed by atoms with van der Waals surface area (Å²) in [5.74, 6) is 1.36. The highest BCUT2D eigenvalue weighted by Gasteiger charge is 2.24. The van der Waals surface area contributed by atoms with Gasteiger partial charge < -0.3 is 19.6 Å². The lowest BCUT2D eigenvalue weighted by Gasteiger charge is -2.23. The predicted molar refractivity (Wildman–Crippen MR) is 76.3 cm³/mol. The SMILES string of the molecule is CC(C)N(C)c1ccc2c(n1)O[C@@H](C)CN(C(=O)O)C2. The van der Waals surface area contributed by atoms with Crippen LogP contribution in [0.25, 0.3) is 0 Å². The number of pyridine rings is 1. The summed E-state index contributed by atoms with van der Waals surface area (Å²) in [5.41, 5.74) is 0.803. The molecule has 0 aromatic carbocycles. The van der Waals surface area contributed by atoms with Gasteiger partial charge in [-0.1, -0.05) is 0 Å². The molecule has 0 aliphatic carbocycles. The van der Waals surface area contributed by atoms with E-state index in [1.165, 1.54) is 4.90 Å². The van der Waals surface area contributed by atoms with Crippen molar-refractivity contribution >= 4 is 11.9 Å². The Kier molecular flexibility index (Phi) is 4.01. The second-order valence-corrected chi connectivity index (χ2v) is 5.43. The Labute approximate surface area is 119 Å². The van der Waals surface area contributed by atoms with Gasteiger partial charge in [0.1, 0.15) is 11.9 Å². The van der Waals surface area contributed by atoms with Crippen LogP contribution in [0.15, 0.2) is 12.1 Å². The van der Waals surface area contributed by atoms with E-state index in [0.29, 0.717) is 25.0 Å². The lowest BCUT2D eigenvalue weighted by atomic mass is 10.2. The van der Waals surface area contributed by atoms with E-state index < -0.39 is 6.09 Å². The molecule has 2 rings (SSSR count). The summed E-state index contributed by atoms with van der Waals surface area (Å²) in [7, 11) is 1.98. The number of hydrogen-bond donors (Lipinski definition) is 1. The van der Waals surface area contributed by atoms with Crippen LogP contribution in [0.2, 0.25) is 0 Å². The van der Waals surface area contributed by atoms with Gasteiger partial charge in [0.2, 0.25) is 5.88 Å². The summed E-state index contributed by atoms with van der Waals surface area (Å²) in [6.45, 7) is 6.69. The Bertz CT molecular complexity index is 504. The third-order valence-electron chi connectivity index (χ3n) is 3.48. The maximum atomic E-state index is 11.2. The minimum Gasteiger partial charge on any atom is -0.472 e. The predicted octanol–water partition coefficient (Wildman–Crippen LogP) is 2.19. The van der Waals surface area contributed by atoms with Gasteiger partial charge >= 0.3 is 6.09 Å². The fraction of sp³-hybridized carbons (Fsp3) is 0.571. The smallest absolute Gasteiger partial charge is 0.407 e. The number of ether oxygens (including phenoxy) is 1. The molecule has 0 bridgehead atoms. The van der Waals surface area contributed by atoms with E-state index in [-0.39, 0.29) is 6.10 Å². The molecule has 0 unspecified atom stereocenters. The number of aromatic nitrogens is 1. The van der Waals surface area contributed by atoms with Gasteiger partial charge in [0.05, 0.1) is 13.1 Å². The molecule has 1 N–H and O–H groups in total. The van der Waals surface area contributed by atoms with Crippen LogP contribution in [0.5, 0.6) is 5.88 Å². The molecule has 1 aliphatic heterocycles. The number of hydrogen-bond acceptors (Lipinski definition) is 4. The normalized spacial score (nSPS) is 18.2. The van der Waals surface area contributed by atoms with Gasteiger partial charge in [-0.15, -0.1) is 0 Å². The Morgan fingerprint density at radius 3 is 2.85 bits per heavy atom. The van der Waals surface area contributed by atoms with Crippen molar-refractivity contribution in [2.45, 2.75) is 39.5 Å². The molecule has 0 fully saturated rings. The summed E-state index contributed by atoms with van der Waals surface area (Å²) in [6.07, 6.45) is -1.14. The lowest BCUT2D eigenvalue weighted by Crippen LogP contribution is -2.34. The average Bonchev–Trinajstić information content (AvgIpc) is 2.54. The van der Waals surface area contributed by atoms with Gasteiger partial charge in [0, 0.05) is 18.7 Å². The van der Waals surface area contributed by atoms with Gasteiger partial charge in [-0.2, -0.15) is 4.98 Å². The summed E-state index contributed by atoms with van der Waals surface area (Å²) in [4.78, 5) is 19.1. The Hall–Kier alpha value is -1.98. The largest absolute Gasteiger partial charge is 0.472 e. The van der Waals surface area contributed by atoms with Crippen molar-refractivity contribution < 1.29 is 14.6 Å². The van der Waals surface area contributed by atoms with Crippen LogP contribution in [-0.4, -0.2) is 46.8 Å². The van der Waals surface area contributed by atoms with E-state index in [4.69, 9.17) is 9.84 Å². The first-order valence-corrected chi connectivity index (χ1v) is 6.75. The monoisotopic (exact) mass is 279 g/mol. The molecule has 0 saturated heterocycles. The van der Waals surface area contributed by atoms with Crippen LogP contribution in [0.1, 0.15) is 26.3 Å². The molecule has 6 heteroatoms. The first-order chi connectivity index (χ1) is 9.38. The molecule has 2 heterocycles. The summed E-state index contributed by atoms with van der Waals surface area (Å²) >= 11 is 0. The van der Waals surface area contributed by atoms with Gasteiger partial charge in [-0.25, -0.2) is 4.79 Å².